The first-order valence-corrected chi connectivity index (χ1v) is 5.66. The van der Waals surface area contributed by atoms with E-state index in [0.29, 0.717) is 12.8 Å². The second kappa shape index (κ2) is 6.27. The fourth-order valence-corrected chi connectivity index (χ4v) is 1.97. The van der Waals surface area contributed by atoms with Crippen LogP contribution in [0.15, 0.2) is 0 Å². The van der Waals surface area contributed by atoms with Gasteiger partial charge in [-0.05, 0) is 12.8 Å². The van der Waals surface area contributed by atoms with Gasteiger partial charge in [0.2, 0.25) is 0 Å². The van der Waals surface area contributed by atoms with E-state index in [4.69, 9.17) is 10.2 Å². The monoisotopic (exact) mass is 252 g/mol. The second-order valence-corrected chi connectivity index (χ2v) is 4.98. The molecule has 0 fully saturated rings. The maximum atomic E-state index is 11.0. The summed E-state index contributed by atoms with van der Waals surface area (Å²) in [6.07, 6.45) is 1.83. The van der Waals surface area contributed by atoms with E-state index in [-0.39, 0.29) is 6.42 Å². The number of hydrogen-bond donors (Lipinski definition) is 4. The van der Waals surface area contributed by atoms with Gasteiger partial charge < -0.3 is 10.2 Å². The van der Waals surface area contributed by atoms with Gasteiger partial charge in [0.25, 0.3) is 0 Å². The molecule has 88 valence electrons. The van der Waals surface area contributed by atoms with Crippen molar-refractivity contribution in [2.24, 2.45) is 0 Å². The molecule has 0 rings (SSSR count). The zero-order valence-corrected chi connectivity index (χ0v) is 10.3. The van der Waals surface area contributed by atoms with Crippen LogP contribution >= 0.6 is 25.3 Å². The number of rotatable bonds is 7. The van der Waals surface area contributed by atoms with Crippen molar-refractivity contribution in [3.8, 4) is 0 Å². The lowest BCUT2D eigenvalue weighted by molar-refractivity contribution is -0.141. The van der Waals surface area contributed by atoms with Gasteiger partial charge in [0, 0.05) is 0 Å². The minimum absolute atomic E-state index is 0.0795. The Morgan fingerprint density at radius 3 is 2.27 bits per heavy atom. The van der Waals surface area contributed by atoms with Crippen molar-refractivity contribution in [1.82, 2.24) is 0 Å². The summed E-state index contributed by atoms with van der Waals surface area (Å²) in [5.41, 5.74) is 0. The number of hydrogen-bond acceptors (Lipinski definition) is 4. The molecule has 4 nitrogen and oxygen atoms in total. The molecule has 0 aromatic rings. The molecule has 2 unspecified atom stereocenters. The lowest BCUT2D eigenvalue weighted by Gasteiger charge is -2.24. The molecule has 0 aromatic heterocycles. The average molecular weight is 252 g/mol. The van der Waals surface area contributed by atoms with Gasteiger partial charge in [0.15, 0.2) is 0 Å². The number of unbranched alkanes of at least 4 members (excludes halogenated alkanes) is 1. The van der Waals surface area contributed by atoms with Crippen LogP contribution in [-0.2, 0) is 9.59 Å². The molecular weight excluding hydrogens is 236 g/mol. The van der Waals surface area contributed by atoms with Crippen LogP contribution in [0.3, 0.4) is 0 Å². The third-order valence-corrected chi connectivity index (χ3v) is 3.16. The Bertz CT molecular complexity index is 244. The van der Waals surface area contributed by atoms with Crippen LogP contribution in [0.2, 0.25) is 0 Å². The summed E-state index contributed by atoms with van der Waals surface area (Å²) in [5, 5.41) is 16.6. The summed E-state index contributed by atoms with van der Waals surface area (Å²) in [4.78, 5) is 21.6. The summed E-state index contributed by atoms with van der Waals surface area (Å²) < 4.78 is -1.29. The molecule has 0 aromatic carbocycles. The normalized spacial score (nSPS) is 16.7. The number of thiol groups is 2. The zero-order valence-electron chi connectivity index (χ0n) is 8.51. The average Bonchev–Trinajstić information content (AvgIpc) is 2.14. The molecule has 0 aliphatic heterocycles. The fourth-order valence-electron chi connectivity index (χ4n) is 1.17. The minimum Gasteiger partial charge on any atom is -0.480 e. The summed E-state index contributed by atoms with van der Waals surface area (Å²) in [5.74, 6) is -2.20. The maximum absolute atomic E-state index is 11.0. The second-order valence-electron chi connectivity index (χ2n) is 3.50. The van der Waals surface area contributed by atoms with E-state index in [1.807, 2.05) is 6.92 Å². The third kappa shape index (κ3) is 4.79. The van der Waals surface area contributed by atoms with Gasteiger partial charge in [-0.15, -0.1) is 0 Å². The predicted octanol–water partition coefficient (Wildman–Crippen LogP) is 1.70. The zero-order chi connectivity index (χ0) is 12.1. The lowest BCUT2D eigenvalue weighted by Crippen LogP contribution is -2.37. The molecule has 2 atom stereocenters. The van der Waals surface area contributed by atoms with Crippen molar-refractivity contribution >= 4 is 37.2 Å². The van der Waals surface area contributed by atoms with Crippen LogP contribution < -0.4 is 0 Å². The van der Waals surface area contributed by atoms with Crippen molar-refractivity contribution in [2.75, 3.05) is 0 Å². The topological polar surface area (TPSA) is 74.6 Å². The van der Waals surface area contributed by atoms with Gasteiger partial charge in [-0.3, -0.25) is 9.59 Å². The van der Waals surface area contributed by atoms with E-state index in [1.54, 1.807) is 0 Å². The Hall–Kier alpha value is -0.360. The number of aliphatic carboxylic acids is 2. The van der Waals surface area contributed by atoms with Gasteiger partial charge in [0.05, 0.1) is 0 Å². The van der Waals surface area contributed by atoms with E-state index < -0.39 is 21.9 Å². The first-order chi connectivity index (χ1) is 6.83. The summed E-state index contributed by atoms with van der Waals surface area (Å²) >= 11 is 7.89. The minimum atomic E-state index is -1.29. The van der Waals surface area contributed by atoms with Crippen LogP contribution in [0.25, 0.3) is 0 Å². The highest BCUT2D eigenvalue weighted by atomic mass is 32.1. The van der Waals surface area contributed by atoms with Gasteiger partial charge in [-0.25, -0.2) is 0 Å². The molecule has 0 radical (unpaired) electrons. The molecule has 0 heterocycles. The van der Waals surface area contributed by atoms with Crippen molar-refractivity contribution in [3.05, 3.63) is 0 Å². The highest BCUT2D eigenvalue weighted by Gasteiger charge is 2.37. The molecule has 2 N–H and O–H groups in total. The van der Waals surface area contributed by atoms with E-state index in [9.17, 15) is 9.59 Å². The highest BCUT2D eigenvalue weighted by Crippen LogP contribution is 2.29. The maximum Gasteiger partial charge on any atom is 0.319 e. The molecule has 0 amide bonds. The molecule has 0 spiro atoms. The highest BCUT2D eigenvalue weighted by molar-refractivity contribution is 7.83. The van der Waals surface area contributed by atoms with Crippen LogP contribution in [0, 0.1) is 0 Å². The van der Waals surface area contributed by atoms with Crippen LogP contribution in [0.5, 0.6) is 0 Å². The van der Waals surface area contributed by atoms with Gasteiger partial charge in [0.1, 0.15) is 10.00 Å². The smallest absolute Gasteiger partial charge is 0.319 e. The molecule has 0 saturated carbocycles. The standard InChI is InChI=1S/C9H16O4S2/c1-2-3-4-9(15,8(12)13)5-6(14)7(10)11/h6,14-15H,2-5H2,1H3,(H,10,11)(H,12,13). The largest absolute Gasteiger partial charge is 0.480 e. The van der Waals surface area contributed by atoms with E-state index in [0.717, 1.165) is 6.42 Å². The quantitative estimate of drug-likeness (QED) is 0.520. The Kier molecular flexibility index (Phi) is 6.12. The Balaban J connectivity index is 4.50. The predicted molar refractivity (Wildman–Crippen MR) is 63.9 cm³/mol. The van der Waals surface area contributed by atoms with Gasteiger partial charge in [-0.1, -0.05) is 19.8 Å². The van der Waals surface area contributed by atoms with Crippen molar-refractivity contribution < 1.29 is 19.8 Å². The van der Waals surface area contributed by atoms with Gasteiger partial charge in [-0.2, -0.15) is 25.3 Å². The number of carboxylic acids is 2. The van der Waals surface area contributed by atoms with Crippen LogP contribution in [0.1, 0.15) is 32.6 Å². The van der Waals surface area contributed by atoms with E-state index in [1.165, 1.54) is 0 Å². The van der Waals surface area contributed by atoms with Crippen molar-refractivity contribution in [3.63, 3.8) is 0 Å². The molecular formula is C9H16O4S2. The Morgan fingerprint density at radius 1 is 1.40 bits per heavy atom. The molecule has 0 saturated heterocycles. The Labute approximate surface area is 99.9 Å². The SMILES string of the molecule is CCCCC(S)(CC(S)C(=O)O)C(=O)O. The summed E-state index contributed by atoms with van der Waals surface area (Å²) in [7, 11) is 0. The van der Waals surface area contributed by atoms with Crippen molar-refractivity contribution in [2.45, 2.75) is 42.6 Å². The van der Waals surface area contributed by atoms with Crippen LogP contribution in [0.4, 0.5) is 0 Å². The van der Waals surface area contributed by atoms with Crippen molar-refractivity contribution in [1.29, 1.82) is 0 Å². The first kappa shape index (κ1) is 14.6. The molecule has 6 heteroatoms. The summed E-state index contributed by atoms with van der Waals surface area (Å²) in [6, 6.07) is 0. The molecule has 0 aliphatic carbocycles. The van der Waals surface area contributed by atoms with Gasteiger partial charge >= 0.3 is 11.9 Å². The number of carboxylic acid groups (broad SMARTS) is 2. The Morgan fingerprint density at radius 2 is 1.93 bits per heavy atom. The first-order valence-electron chi connectivity index (χ1n) is 4.70. The molecule has 0 bridgehead atoms. The number of carbonyl (C=O) groups is 2. The molecule has 0 aliphatic rings. The lowest BCUT2D eigenvalue weighted by atomic mass is 9.95. The molecule has 15 heavy (non-hydrogen) atoms. The van der Waals surface area contributed by atoms with Crippen LogP contribution in [-0.4, -0.2) is 32.1 Å². The van der Waals surface area contributed by atoms with E-state index in [2.05, 4.69) is 25.3 Å². The third-order valence-electron chi connectivity index (χ3n) is 2.16. The van der Waals surface area contributed by atoms with E-state index >= 15 is 0 Å². The summed E-state index contributed by atoms with van der Waals surface area (Å²) in [6.45, 7) is 1.94. The fraction of sp³-hybridized carbons (Fsp3) is 0.778.